The molecule has 260 valence electrons. The van der Waals surface area contributed by atoms with Crippen molar-refractivity contribution in [1.29, 1.82) is 0 Å². The zero-order valence-electron chi connectivity index (χ0n) is 31.1. The molecule has 7 aromatic carbocycles. The van der Waals surface area contributed by atoms with Crippen molar-refractivity contribution >= 4 is 58.4 Å². The number of benzene rings is 7. The summed E-state index contributed by atoms with van der Waals surface area (Å²) >= 11 is 0. The Morgan fingerprint density at radius 2 is 0.774 bits per heavy atom. The Balaban J connectivity index is 1.07. The zero-order chi connectivity index (χ0) is 36.6. The second-order valence-electron chi connectivity index (χ2n) is 13.6. The summed E-state index contributed by atoms with van der Waals surface area (Å²) in [6.45, 7) is 8.65. The first-order chi connectivity index (χ1) is 25.9. The highest BCUT2D eigenvalue weighted by atomic mass is 15.1. The third-order valence-electron chi connectivity index (χ3n) is 9.70. The molecule has 53 heavy (non-hydrogen) atoms. The van der Waals surface area contributed by atoms with Crippen LogP contribution < -0.4 is 9.80 Å². The van der Waals surface area contributed by atoms with Crippen LogP contribution in [0.3, 0.4) is 0 Å². The minimum Gasteiger partial charge on any atom is -0.310 e. The molecule has 0 heterocycles. The van der Waals surface area contributed by atoms with Crippen molar-refractivity contribution < 1.29 is 0 Å². The first kappa shape index (κ1) is 35.0. The smallest absolute Gasteiger partial charge is 0.0493 e. The second kappa shape index (κ2) is 16.3. The molecular weight excluding hydrogens is 641 g/mol. The maximum atomic E-state index is 2.36. The fourth-order valence-electron chi connectivity index (χ4n) is 6.70. The number of hydrogen-bond acceptors (Lipinski definition) is 2. The van der Waals surface area contributed by atoms with Gasteiger partial charge >= 0.3 is 0 Å². The van der Waals surface area contributed by atoms with Gasteiger partial charge in [-0.3, -0.25) is 0 Å². The molecule has 0 unspecified atom stereocenters. The molecular formula is C51H46N2. The van der Waals surface area contributed by atoms with Crippen LogP contribution in [0.5, 0.6) is 0 Å². The fraction of sp³-hybridized carbons (Fsp3) is 0.0980. The van der Waals surface area contributed by atoms with Crippen LogP contribution in [0.4, 0.5) is 34.1 Å². The third-order valence-corrected chi connectivity index (χ3v) is 9.70. The van der Waals surface area contributed by atoms with Crippen LogP contribution in [-0.4, -0.2) is 0 Å². The monoisotopic (exact) mass is 686 g/mol. The molecule has 0 aliphatic heterocycles. The highest BCUT2D eigenvalue weighted by Crippen LogP contribution is 2.38. The van der Waals surface area contributed by atoms with Crippen LogP contribution in [0.2, 0.25) is 0 Å². The maximum absolute atomic E-state index is 2.36. The highest BCUT2D eigenvalue weighted by Gasteiger charge is 2.16. The molecule has 0 bridgehead atoms. The number of para-hydroxylation sites is 2. The zero-order valence-corrected chi connectivity index (χ0v) is 31.1. The molecule has 7 rings (SSSR count). The van der Waals surface area contributed by atoms with Crippen molar-refractivity contribution in [3.63, 3.8) is 0 Å². The van der Waals surface area contributed by atoms with Crippen LogP contribution in [0.25, 0.3) is 24.3 Å². The molecule has 0 aliphatic rings. The lowest BCUT2D eigenvalue weighted by Crippen LogP contribution is -2.12. The largest absolute Gasteiger partial charge is 0.310 e. The fourth-order valence-corrected chi connectivity index (χ4v) is 6.70. The van der Waals surface area contributed by atoms with Crippen molar-refractivity contribution in [2.75, 3.05) is 9.80 Å². The van der Waals surface area contributed by atoms with Gasteiger partial charge in [0.2, 0.25) is 0 Å². The van der Waals surface area contributed by atoms with Gasteiger partial charge in [-0.05, 0) is 127 Å². The molecule has 2 nitrogen and oxygen atoms in total. The average Bonchev–Trinajstić information content (AvgIpc) is 3.20. The van der Waals surface area contributed by atoms with Gasteiger partial charge in [0.05, 0.1) is 0 Å². The Labute approximate surface area is 315 Å². The molecule has 0 spiro atoms. The number of anilines is 6. The van der Waals surface area contributed by atoms with E-state index in [2.05, 4.69) is 232 Å². The molecule has 0 saturated heterocycles. The van der Waals surface area contributed by atoms with Gasteiger partial charge in [-0.1, -0.05) is 145 Å². The second-order valence-corrected chi connectivity index (χ2v) is 13.6. The summed E-state index contributed by atoms with van der Waals surface area (Å²) in [5.41, 5.74) is 16.7. The molecule has 2 heteroatoms. The lowest BCUT2D eigenvalue weighted by molar-refractivity contribution is 1.11. The van der Waals surface area contributed by atoms with E-state index in [0.29, 0.717) is 0 Å². The summed E-state index contributed by atoms with van der Waals surface area (Å²) in [7, 11) is 0. The Bertz CT molecular complexity index is 2330. The number of rotatable bonds is 11. The third kappa shape index (κ3) is 8.41. The van der Waals surface area contributed by atoms with E-state index in [-0.39, 0.29) is 0 Å². The summed E-state index contributed by atoms with van der Waals surface area (Å²) in [5, 5.41) is 0. The van der Waals surface area contributed by atoms with Crippen LogP contribution in [0.15, 0.2) is 170 Å². The summed E-state index contributed by atoms with van der Waals surface area (Å²) in [6, 6.07) is 61.1. The van der Waals surface area contributed by atoms with E-state index in [1.54, 1.807) is 0 Å². The lowest BCUT2D eigenvalue weighted by atomic mass is 10.1. The number of hydrogen-bond donors (Lipinski definition) is 0. The summed E-state index contributed by atoms with van der Waals surface area (Å²) < 4.78 is 0. The molecule has 0 aromatic heterocycles. The van der Waals surface area contributed by atoms with Gasteiger partial charge < -0.3 is 9.80 Å². The van der Waals surface area contributed by atoms with Crippen LogP contribution in [0.1, 0.15) is 51.4 Å². The first-order valence-electron chi connectivity index (χ1n) is 18.5. The molecule has 0 radical (unpaired) electrons. The Kier molecular flexibility index (Phi) is 10.8. The van der Waals surface area contributed by atoms with E-state index < -0.39 is 0 Å². The molecule has 0 saturated carbocycles. The first-order valence-corrected chi connectivity index (χ1v) is 18.5. The molecule has 0 aliphatic carbocycles. The van der Waals surface area contributed by atoms with Gasteiger partial charge in [-0.2, -0.15) is 0 Å². The van der Waals surface area contributed by atoms with E-state index in [1.165, 1.54) is 33.6 Å². The topological polar surface area (TPSA) is 6.48 Å². The molecule has 0 N–H and O–H groups in total. The van der Waals surface area contributed by atoms with Crippen molar-refractivity contribution in [2.24, 2.45) is 0 Å². The van der Waals surface area contributed by atoms with Crippen molar-refractivity contribution in [3.05, 3.63) is 214 Å². The minimum absolute atomic E-state index is 0.974. The highest BCUT2D eigenvalue weighted by molar-refractivity contribution is 5.82. The Hall–Kier alpha value is -6.38. The van der Waals surface area contributed by atoms with E-state index in [1.807, 2.05) is 0 Å². The normalized spacial score (nSPS) is 11.3. The van der Waals surface area contributed by atoms with Gasteiger partial charge in [0.25, 0.3) is 0 Å². The quantitative estimate of drug-likeness (QED) is 0.125. The summed E-state index contributed by atoms with van der Waals surface area (Å²) in [6.07, 6.45) is 9.73. The Morgan fingerprint density at radius 3 is 1.25 bits per heavy atom. The van der Waals surface area contributed by atoms with E-state index in [4.69, 9.17) is 0 Å². The molecule has 0 fully saturated rings. The average molecular weight is 687 g/mol. The number of nitrogens with zero attached hydrogens (tertiary/aromatic N) is 2. The molecule has 7 aromatic rings. The van der Waals surface area contributed by atoms with Gasteiger partial charge in [-0.25, -0.2) is 0 Å². The van der Waals surface area contributed by atoms with Crippen LogP contribution in [-0.2, 0) is 6.42 Å². The van der Waals surface area contributed by atoms with Gasteiger partial charge in [0.1, 0.15) is 0 Å². The van der Waals surface area contributed by atoms with E-state index in [9.17, 15) is 0 Å². The van der Waals surface area contributed by atoms with Gasteiger partial charge in [-0.15, -0.1) is 0 Å². The van der Waals surface area contributed by atoms with Crippen molar-refractivity contribution in [3.8, 4) is 0 Å². The van der Waals surface area contributed by atoms with Crippen molar-refractivity contribution in [2.45, 2.75) is 34.1 Å². The summed E-state index contributed by atoms with van der Waals surface area (Å²) in [5.74, 6) is 0. The maximum Gasteiger partial charge on any atom is 0.0493 e. The minimum atomic E-state index is 0.974. The Morgan fingerprint density at radius 1 is 0.377 bits per heavy atom. The van der Waals surface area contributed by atoms with Gasteiger partial charge in [0, 0.05) is 34.1 Å². The van der Waals surface area contributed by atoms with E-state index in [0.717, 1.165) is 51.4 Å². The summed E-state index contributed by atoms with van der Waals surface area (Å²) in [4.78, 5) is 4.69. The molecule has 0 atom stereocenters. The lowest BCUT2D eigenvalue weighted by Gasteiger charge is -2.27. The predicted octanol–water partition coefficient (Wildman–Crippen LogP) is 14.5. The van der Waals surface area contributed by atoms with Crippen molar-refractivity contribution in [1.82, 2.24) is 0 Å². The van der Waals surface area contributed by atoms with Crippen LogP contribution in [0, 0.1) is 20.8 Å². The van der Waals surface area contributed by atoms with Gasteiger partial charge in [0.15, 0.2) is 0 Å². The standard InChI is InChI=1S/C51H46N2/c1-5-45-14-7-9-16-51(45)53(47-31-19-39(3)20-32-47)49-35-27-42(28-36-49)22-24-44-13-10-12-43(37-44)23-21-41-25-33-48(34-26-41)52(46-29-17-38(2)18-30-46)50-15-8-6-11-40(50)4/h6-37H,5H2,1-4H3. The van der Waals surface area contributed by atoms with E-state index >= 15 is 0 Å². The SMILES string of the molecule is CCc1ccccc1N(c1ccc(C)cc1)c1ccc(C=Cc2cccc(C=Cc3ccc(N(c4ccc(C)cc4)c4ccccc4C)cc3)c2)cc1. The number of aryl methyl sites for hydroxylation is 4. The predicted molar refractivity (Wildman–Crippen MR) is 230 cm³/mol. The molecule has 0 amide bonds. The van der Waals surface area contributed by atoms with Crippen LogP contribution >= 0.6 is 0 Å².